The third-order valence-electron chi connectivity index (χ3n) is 3.96. The lowest BCUT2D eigenvalue weighted by atomic mass is 10.0. The van der Waals surface area contributed by atoms with E-state index in [0.29, 0.717) is 22.0 Å². The van der Waals surface area contributed by atoms with Gasteiger partial charge in [-0.15, -0.1) is 0 Å². The number of nitrogens with one attached hydrogen (secondary N) is 2. The van der Waals surface area contributed by atoms with Gasteiger partial charge >= 0.3 is 0 Å². The van der Waals surface area contributed by atoms with Crippen molar-refractivity contribution in [1.82, 2.24) is 10.6 Å². The molecule has 2 aromatic carbocycles. The molecule has 0 aromatic heterocycles. The maximum atomic E-state index is 12.6. The number of carbonyl (C=O) groups excluding carboxylic acids is 2. The zero-order valence-electron chi connectivity index (χ0n) is 16.3. The summed E-state index contributed by atoms with van der Waals surface area (Å²) in [7, 11) is 1.50. The van der Waals surface area contributed by atoms with Crippen LogP contribution < -0.4 is 15.4 Å². The molecule has 29 heavy (non-hydrogen) atoms. The normalized spacial score (nSPS) is 11.3. The lowest BCUT2D eigenvalue weighted by Gasteiger charge is -2.18. The van der Waals surface area contributed by atoms with Crippen LogP contribution in [0.1, 0.15) is 29.8 Å². The second-order valence-electron chi connectivity index (χ2n) is 6.51. The van der Waals surface area contributed by atoms with Crippen LogP contribution in [0.2, 0.25) is 5.02 Å². The number of halogens is 1. The molecule has 2 rings (SSSR count). The van der Waals surface area contributed by atoms with E-state index in [2.05, 4.69) is 20.7 Å². The highest BCUT2D eigenvalue weighted by atomic mass is 35.5. The summed E-state index contributed by atoms with van der Waals surface area (Å²) in [5.74, 6) is -0.271. The van der Waals surface area contributed by atoms with Gasteiger partial charge in [0.25, 0.3) is 5.91 Å². The molecule has 0 radical (unpaired) electrons. The molecule has 1 atom stereocenters. The molecule has 2 aromatic rings. The van der Waals surface area contributed by atoms with Gasteiger partial charge in [-0.1, -0.05) is 41.0 Å². The van der Waals surface area contributed by atoms with E-state index in [1.54, 1.807) is 36.4 Å². The Morgan fingerprint density at radius 3 is 2.45 bits per heavy atom. The van der Waals surface area contributed by atoms with Gasteiger partial charge in [0, 0.05) is 29.6 Å². The summed E-state index contributed by atoms with van der Waals surface area (Å²) >= 11 is 6.20. The van der Waals surface area contributed by atoms with Crippen molar-refractivity contribution in [3.8, 4) is 5.75 Å². The number of nitrogens with zero attached hydrogens (tertiary/aromatic N) is 3. The van der Waals surface area contributed by atoms with E-state index >= 15 is 0 Å². The maximum absolute atomic E-state index is 12.6. The van der Waals surface area contributed by atoms with Crippen LogP contribution in [0.15, 0.2) is 47.6 Å². The second kappa shape index (κ2) is 10.4. The first kappa shape index (κ1) is 22.1. The summed E-state index contributed by atoms with van der Waals surface area (Å²) in [6, 6.07) is 10.7. The molecule has 0 heterocycles. The quantitative estimate of drug-likeness (QED) is 0.383. The van der Waals surface area contributed by atoms with Crippen molar-refractivity contribution in [2.24, 2.45) is 5.11 Å². The maximum Gasteiger partial charge on any atom is 0.251 e. The Morgan fingerprint density at radius 2 is 1.90 bits per heavy atom. The number of hydrogen-bond donors (Lipinski definition) is 2. The molecule has 2 N–H and O–H groups in total. The van der Waals surface area contributed by atoms with Gasteiger partial charge in [-0.05, 0) is 43.1 Å². The van der Waals surface area contributed by atoms with Crippen LogP contribution in [0.4, 0.5) is 5.69 Å². The SMILES string of the molecule is CNC(=O)C(Cc1ccc(N=[N+]=[N-])cc1)NC(=O)c1ccc(OC(C)C)c(Cl)c1. The zero-order chi connectivity index (χ0) is 21.4. The van der Waals surface area contributed by atoms with Crippen LogP contribution >= 0.6 is 11.6 Å². The van der Waals surface area contributed by atoms with Crippen LogP contribution in [0.5, 0.6) is 5.75 Å². The number of rotatable bonds is 8. The van der Waals surface area contributed by atoms with E-state index in [1.165, 1.54) is 13.1 Å². The van der Waals surface area contributed by atoms with Crippen LogP contribution in [-0.4, -0.2) is 31.0 Å². The molecule has 0 aliphatic heterocycles. The fourth-order valence-corrected chi connectivity index (χ4v) is 2.83. The minimum Gasteiger partial charge on any atom is -0.489 e. The number of ether oxygens (including phenoxy) is 1. The molecule has 0 aliphatic rings. The fourth-order valence-electron chi connectivity index (χ4n) is 2.60. The number of benzene rings is 2. The Balaban J connectivity index is 2.15. The van der Waals surface area contributed by atoms with E-state index < -0.39 is 11.9 Å². The Kier molecular flexibility index (Phi) is 7.88. The summed E-state index contributed by atoms with van der Waals surface area (Å²) in [6.07, 6.45) is 0.222. The zero-order valence-corrected chi connectivity index (χ0v) is 17.1. The van der Waals surface area contributed by atoms with Gasteiger partial charge in [-0.25, -0.2) is 0 Å². The van der Waals surface area contributed by atoms with E-state index in [9.17, 15) is 9.59 Å². The summed E-state index contributed by atoms with van der Waals surface area (Å²) in [4.78, 5) is 27.6. The first-order valence-corrected chi connectivity index (χ1v) is 9.34. The third kappa shape index (κ3) is 6.41. The molecule has 0 spiro atoms. The van der Waals surface area contributed by atoms with Gasteiger partial charge in [0.1, 0.15) is 11.8 Å². The third-order valence-corrected chi connectivity index (χ3v) is 4.26. The minimum atomic E-state index is -0.789. The summed E-state index contributed by atoms with van der Waals surface area (Å²) in [5.41, 5.74) is 10.1. The summed E-state index contributed by atoms with van der Waals surface area (Å²) < 4.78 is 5.56. The highest BCUT2D eigenvalue weighted by Crippen LogP contribution is 2.26. The van der Waals surface area contributed by atoms with Crippen LogP contribution in [0.25, 0.3) is 10.4 Å². The van der Waals surface area contributed by atoms with Gasteiger partial charge in [0.2, 0.25) is 5.91 Å². The van der Waals surface area contributed by atoms with Crippen molar-refractivity contribution in [1.29, 1.82) is 0 Å². The minimum absolute atomic E-state index is 0.0463. The predicted molar refractivity (Wildman–Crippen MR) is 111 cm³/mol. The van der Waals surface area contributed by atoms with Crippen LogP contribution in [-0.2, 0) is 11.2 Å². The summed E-state index contributed by atoms with van der Waals surface area (Å²) in [5, 5.41) is 9.10. The second-order valence-corrected chi connectivity index (χ2v) is 6.92. The Bertz CT molecular complexity index is 924. The van der Waals surface area contributed by atoms with Crippen LogP contribution in [0.3, 0.4) is 0 Å². The predicted octanol–water partition coefficient (Wildman–Crippen LogP) is 4.16. The lowest BCUT2D eigenvalue weighted by Crippen LogP contribution is -2.47. The van der Waals surface area contributed by atoms with Crippen molar-refractivity contribution in [3.63, 3.8) is 0 Å². The number of likely N-dealkylation sites (N-methyl/N-ethyl adjacent to an activating group) is 1. The molecular formula is C20H22ClN5O3. The Hall–Kier alpha value is -3.22. The smallest absolute Gasteiger partial charge is 0.251 e. The van der Waals surface area contributed by atoms with Crippen LogP contribution in [0, 0.1) is 0 Å². The van der Waals surface area contributed by atoms with Gasteiger partial charge < -0.3 is 15.4 Å². The highest BCUT2D eigenvalue weighted by molar-refractivity contribution is 6.32. The molecule has 152 valence electrons. The number of azide groups is 1. The Morgan fingerprint density at radius 1 is 1.21 bits per heavy atom. The van der Waals surface area contributed by atoms with E-state index in [0.717, 1.165) is 5.56 Å². The van der Waals surface area contributed by atoms with Crippen molar-refractivity contribution in [2.45, 2.75) is 32.4 Å². The van der Waals surface area contributed by atoms with E-state index in [4.69, 9.17) is 21.9 Å². The van der Waals surface area contributed by atoms with Crippen molar-refractivity contribution in [2.75, 3.05) is 7.05 Å². The number of amides is 2. The average Bonchev–Trinajstić information content (AvgIpc) is 2.69. The molecule has 0 saturated heterocycles. The molecule has 1 unspecified atom stereocenters. The molecular weight excluding hydrogens is 394 g/mol. The highest BCUT2D eigenvalue weighted by Gasteiger charge is 2.21. The molecule has 9 heteroatoms. The Labute approximate surface area is 173 Å². The monoisotopic (exact) mass is 415 g/mol. The van der Waals surface area contributed by atoms with Crippen molar-refractivity contribution < 1.29 is 14.3 Å². The van der Waals surface area contributed by atoms with Gasteiger partial charge in [-0.2, -0.15) is 0 Å². The largest absolute Gasteiger partial charge is 0.489 e. The first-order chi connectivity index (χ1) is 13.8. The van der Waals surface area contributed by atoms with E-state index in [1.807, 2.05) is 13.8 Å². The van der Waals surface area contributed by atoms with Crippen molar-refractivity contribution in [3.05, 3.63) is 69.1 Å². The standard InChI is InChI=1S/C20H22ClN5O3/c1-12(2)29-18-9-6-14(11-16(18)21)19(27)24-17(20(28)23-3)10-13-4-7-15(8-5-13)25-26-22/h4-9,11-12,17H,10H2,1-3H3,(H,23,28)(H,24,27). The average molecular weight is 416 g/mol. The summed E-state index contributed by atoms with van der Waals surface area (Å²) in [6.45, 7) is 3.76. The topological polar surface area (TPSA) is 116 Å². The fraction of sp³-hybridized carbons (Fsp3) is 0.300. The first-order valence-electron chi connectivity index (χ1n) is 8.96. The number of hydrogen-bond acceptors (Lipinski definition) is 4. The molecule has 2 amide bonds. The molecule has 0 fully saturated rings. The molecule has 0 bridgehead atoms. The van der Waals surface area contributed by atoms with Gasteiger partial charge in [0.15, 0.2) is 0 Å². The van der Waals surface area contributed by atoms with Gasteiger partial charge in [0.05, 0.1) is 11.1 Å². The number of carbonyl (C=O) groups is 2. The molecule has 0 aliphatic carbocycles. The molecule has 8 nitrogen and oxygen atoms in total. The van der Waals surface area contributed by atoms with Gasteiger partial charge in [-0.3, -0.25) is 9.59 Å². The van der Waals surface area contributed by atoms with Crippen molar-refractivity contribution >= 4 is 29.1 Å². The molecule has 0 saturated carbocycles. The van der Waals surface area contributed by atoms with E-state index in [-0.39, 0.29) is 18.4 Å². The lowest BCUT2D eigenvalue weighted by molar-refractivity contribution is -0.122.